The lowest BCUT2D eigenvalue weighted by atomic mass is 10.1. The minimum Gasteiger partial charge on any atom is -0.508 e. The van der Waals surface area contributed by atoms with Crippen LogP contribution in [0.1, 0.15) is 5.56 Å². The van der Waals surface area contributed by atoms with Crippen LogP contribution in [0.2, 0.25) is 0 Å². The Morgan fingerprint density at radius 2 is 2.15 bits per heavy atom. The van der Waals surface area contributed by atoms with Gasteiger partial charge in [0.15, 0.2) is 0 Å². The van der Waals surface area contributed by atoms with Crippen LogP contribution in [0, 0.1) is 0 Å². The number of thioether (sulfide) groups is 2. The Morgan fingerprint density at radius 3 is 2.80 bits per heavy atom. The van der Waals surface area contributed by atoms with Gasteiger partial charge in [-0.25, -0.2) is 0 Å². The van der Waals surface area contributed by atoms with Gasteiger partial charge in [0.1, 0.15) is 5.75 Å². The van der Waals surface area contributed by atoms with Crippen LogP contribution in [0.3, 0.4) is 0 Å². The third-order valence-electron chi connectivity index (χ3n) is 3.12. The van der Waals surface area contributed by atoms with Gasteiger partial charge in [0, 0.05) is 29.1 Å². The van der Waals surface area contributed by atoms with Gasteiger partial charge in [-0.15, -0.1) is 0 Å². The lowest BCUT2D eigenvalue weighted by molar-refractivity contribution is -0.122. The van der Waals surface area contributed by atoms with Crippen LogP contribution in [0.25, 0.3) is 0 Å². The molecule has 4 nitrogen and oxygen atoms in total. The fraction of sp³-hybridized carbons (Fsp3) is 0.500. The van der Waals surface area contributed by atoms with E-state index < -0.39 is 6.04 Å². The molecule has 0 aromatic heterocycles. The van der Waals surface area contributed by atoms with Crippen molar-refractivity contribution in [2.24, 2.45) is 5.73 Å². The molecule has 0 saturated carbocycles. The largest absolute Gasteiger partial charge is 0.508 e. The predicted octanol–water partition coefficient (Wildman–Crippen LogP) is 1.23. The fourth-order valence-corrected chi connectivity index (χ4v) is 4.59. The topological polar surface area (TPSA) is 75.3 Å². The van der Waals surface area contributed by atoms with E-state index in [1.165, 1.54) is 5.75 Å². The smallest absolute Gasteiger partial charge is 0.237 e. The summed E-state index contributed by atoms with van der Waals surface area (Å²) in [5, 5.41) is 12.6. The molecular weight excluding hydrogens is 292 g/mol. The zero-order valence-electron chi connectivity index (χ0n) is 11.2. The molecular formula is C14H20N2O2S2. The Labute approximate surface area is 127 Å². The minimum atomic E-state index is -0.541. The quantitative estimate of drug-likeness (QED) is 0.762. The fourth-order valence-electron chi connectivity index (χ4n) is 1.98. The normalized spacial score (nSPS) is 20.4. The van der Waals surface area contributed by atoms with Gasteiger partial charge in [-0.05, 0) is 24.1 Å². The Morgan fingerprint density at radius 1 is 1.40 bits per heavy atom. The number of carbonyl (C=O) groups is 1. The maximum Gasteiger partial charge on any atom is 0.237 e. The monoisotopic (exact) mass is 312 g/mol. The molecule has 1 aliphatic rings. The average molecular weight is 312 g/mol. The van der Waals surface area contributed by atoms with Crippen LogP contribution in [0.15, 0.2) is 24.3 Å². The number of nitrogens with two attached hydrogens (primary N) is 1. The number of phenols is 1. The van der Waals surface area contributed by atoms with Gasteiger partial charge in [0.25, 0.3) is 0 Å². The molecule has 1 fully saturated rings. The molecule has 1 saturated heterocycles. The van der Waals surface area contributed by atoms with E-state index in [-0.39, 0.29) is 11.7 Å². The molecule has 1 aromatic rings. The third-order valence-corrected chi connectivity index (χ3v) is 5.96. The van der Waals surface area contributed by atoms with Gasteiger partial charge >= 0.3 is 0 Å². The van der Waals surface area contributed by atoms with Gasteiger partial charge in [0.05, 0.1) is 6.04 Å². The van der Waals surface area contributed by atoms with Crippen molar-refractivity contribution in [3.05, 3.63) is 29.8 Å². The van der Waals surface area contributed by atoms with Crippen LogP contribution >= 0.6 is 23.5 Å². The number of benzene rings is 1. The minimum absolute atomic E-state index is 0.103. The first kappa shape index (κ1) is 15.5. The molecule has 0 aliphatic carbocycles. The van der Waals surface area contributed by atoms with Crippen molar-refractivity contribution < 1.29 is 9.90 Å². The number of hydrogen-bond donors (Lipinski definition) is 3. The highest BCUT2D eigenvalue weighted by atomic mass is 32.2. The molecule has 20 heavy (non-hydrogen) atoms. The molecule has 0 spiro atoms. The standard InChI is InChI=1S/C14H20N2O2S2/c15-13(7-10-1-3-11(17)4-2-10)14(18)16-8-12-9-19-5-6-20-12/h1-4,12-13,17H,5-9,15H2,(H,16,18)/t12?,13-/m0/s1. The maximum absolute atomic E-state index is 12.0. The summed E-state index contributed by atoms with van der Waals surface area (Å²) >= 11 is 3.86. The summed E-state index contributed by atoms with van der Waals surface area (Å²) in [6, 6.07) is 6.25. The van der Waals surface area contributed by atoms with Gasteiger partial charge < -0.3 is 16.2 Å². The molecule has 2 rings (SSSR count). The number of hydrogen-bond acceptors (Lipinski definition) is 5. The Balaban J connectivity index is 1.75. The molecule has 110 valence electrons. The zero-order valence-corrected chi connectivity index (χ0v) is 12.9. The van der Waals surface area contributed by atoms with Crippen molar-refractivity contribution in [3.63, 3.8) is 0 Å². The van der Waals surface area contributed by atoms with Crippen LogP contribution in [-0.4, -0.2) is 46.1 Å². The molecule has 2 atom stereocenters. The first-order valence-corrected chi connectivity index (χ1v) is 8.86. The highest BCUT2D eigenvalue weighted by Gasteiger charge is 2.18. The number of rotatable bonds is 5. The van der Waals surface area contributed by atoms with Crippen LogP contribution < -0.4 is 11.1 Å². The second kappa shape index (κ2) is 7.81. The highest BCUT2D eigenvalue weighted by molar-refractivity contribution is 8.06. The van der Waals surface area contributed by atoms with Crippen LogP contribution in [-0.2, 0) is 11.2 Å². The molecule has 6 heteroatoms. The summed E-state index contributed by atoms with van der Waals surface area (Å²) in [6.45, 7) is 0.694. The second-order valence-corrected chi connectivity index (χ2v) is 7.35. The third kappa shape index (κ3) is 4.92. The molecule has 1 aliphatic heterocycles. The summed E-state index contributed by atoms with van der Waals surface area (Å²) in [6.07, 6.45) is 0.485. The number of phenolic OH excluding ortho intramolecular Hbond substituents is 1. The van der Waals surface area contributed by atoms with E-state index in [9.17, 15) is 9.90 Å². The van der Waals surface area contributed by atoms with Gasteiger partial charge in [-0.2, -0.15) is 23.5 Å². The summed E-state index contributed by atoms with van der Waals surface area (Å²) in [7, 11) is 0. The average Bonchev–Trinajstić information content (AvgIpc) is 2.48. The first-order chi connectivity index (χ1) is 9.65. The summed E-state index contributed by atoms with van der Waals surface area (Å²) in [5.74, 6) is 3.58. The maximum atomic E-state index is 12.0. The molecule has 1 heterocycles. The van der Waals surface area contributed by atoms with Crippen molar-refractivity contribution >= 4 is 29.4 Å². The molecule has 0 bridgehead atoms. The lowest BCUT2D eigenvalue weighted by Crippen LogP contribution is -2.44. The zero-order chi connectivity index (χ0) is 14.4. The molecule has 1 amide bonds. The van der Waals surface area contributed by atoms with E-state index >= 15 is 0 Å². The summed E-state index contributed by atoms with van der Waals surface area (Å²) < 4.78 is 0. The molecule has 1 aromatic carbocycles. The Bertz CT molecular complexity index is 433. The van der Waals surface area contributed by atoms with Crippen molar-refractivity contribution in [2.75, 3.05) is 23.8 Å². The molecule has 4 N–H and O–H groups in total. The lowest BCUT2D eigenvalue weighted by Gasteiger charge is -2.22. The number of carbonyl (C=O) groups excluding carboxylic acids is 1. The van der Waals surface area contributed by atoms with Crippen molar-refractivity contribution in [1.29, 1.82) is 0 Å². The van der Waals surface area contributed by atoms with Gasteiger partial charge in [-0.3, -0.25) is 4.79 Å². The number of aromatic hydroxyl groups is 1. The van der Waals surface area contributed by atoms with Crippen LogP contribution in [0.4, 0.5) is 0 Å². The first-order valence-electron chi connectivity index (χ1n) is 6.65. The number of amides is 1. The van der Waals surface area contributed by atoms with Gasteiger partial charge in [-0.1, -0.05) is 12.1 Å². The van der Waals surface area contributed by atoms with E-state index in [1.807, 2.05) is 23.5 Å². The Kier molecular flexibility index (Phi) is 6.06. The van der Waals surface area contributed by atoms with E-state index in [2.05, 4.69) is 5.32 Å². The molecule has 0 radical (unpaired) electrons. The van der Waals surface area contributed by atoms with E-state index in [4.69, 9.17) is 5.73 Å². The summed E-state index contributed by atoms with van der Waals surface area (Å²) in [4.78, 5) is 12.0. The Hall–Kier alpha value is -0.850. The van der Waals surface area contributed by atoms with E-state index in [1.54, 1.807) is 24.3 Å². The SMILES string of the molecule is N[C@@H](Cc1ccc(O)cc1)C(=O)NCC1CSCCS1. The van der Waals surface area contributed by atoms with Crippen molar-refractivity contribution in [2.45, 2.75) is 17.7 Å². The van der Waals surface area contributed by atoms with Crippen LogP contribution in [0.5, 0.6) is 5.75 Å². The van der Waals surface area contributed by atoms with Crippen molar-refractivity contribution in [3.8, 4) is 5.75 Å². The highest BCUT2D eigenvalue weighted by Crippen LogP contribution is 2.23. The van der Waals surface area contributed by atoms with E-state index in [0.717, 1.165) is 17.1 Å². The molecule has 1 unspecified atom stereocenters. The summed E-state index contributed by atoms with van der Waals surface area (Å²) in [5.41, 5.74) is 6.87. The number of nitrogens with one attached hydrogen (secondary N) is 1. The van der Waals surface area contributed by atoms with Gasteiger partial charge in [0.2, 0.25) is 5.91 Å². The predicted molar refractivity (Wildman–Crippen MR) is 86.4 cm³/mol. The van der Waals surface area contributed by atoms with Crippen molar-refractivity contribution in [1.82, 2.24) is 5.32 Å². The van der Waals surface area contributed by atoms with E-state index in [0.29, 0.717) is 18.2 Å². The second-order valence-electron chi connectivity index (χ2n) is 4.79.